The molecule has 1 unspecified atom stereocenters. The third kappa shape index (κ3) is 1.81. The molecular weight excluding hydrogens is 190 g/mol. The van der Waals surface area contributed by atoms with Crippen LogP contribution in [-0.2, 0) is 0 Å². The van der Waals surface area contributed by atoms with Crippen LogP contribution in [0.25, 0.3) is 10.1 Å². The zero-order chi connectivity index (χ0) is 9.97. The van der Waals surface area contributed by atoms with Crippen molar-refractivity contribution in [1.29, 1.82) is 0 Å². The Balaban J connectivity index is 2.35. The number of thiophene rings is 1. The van der Waals surface area contributed by atoms with Crippen LogP contribution < -0.4 is 5.32 Å². The van der Waals surface area contributed by atoms with E-state index in [9.17, 15) is 0 Å². The van der Waals surface area contributed by atoms with E-state index in [1.807, 2.05) is 18.4 Å². The first-order valence-corrected chi connectivity index (χ1v) is 5.76. The van der Waals surface area contributed by atoms with Crippen LogP contribution in [0.4, 0.5) is 0 Å². The highest BCUT2D eigenvalue weighted by atomic mass is 32.1. The van der Waals surface area contributed by atoms with E-state index in [4.69, 9.17) is 0 Å². The van der Waals surface area contributed by atoms with E-state index in [1.165, 1.54) is 15.0 Å². The van der Waals surface area contributed by atoms with Gasteiger partial charge in [-0.2, -0.15) is 0 Å². The quantitative estimate of drug-likeness (QED) is 0.811. The van der Waals surface area contributed by atoms with Gasteiger partial charge in [0, 0.05) is 22.0 Å². The molecule has 0 aliphatic heterocycles. The van der Waals surface area contributed by atoms with Gasteiger partial charge in [0.25, 0.3) is 0 Å². The van der Waals surface area contributed by atoms with Crippen molar-refractivity contribution in [2.45, 2.75) is 12.8 Å². The van der Waals surface area contributed by atoms with Crippen molar-refractivity contribution in [2.24, 2.45) is 0 Å². The van der Waals surface area contributed by atoms with Crippen LogP contribution in [0.2, 0.25) is 0 Å². The van der Waals surface area contributed by atoms with Crippen molar-refractivity contribution in [3.8, 4) is 0 Å². The summed E-state index contributed by atoms with van der Waals surface area (Å²) in [6.45, 7) is 3.31. The molecule has 1 heterocycles. The smallest absolute Gasteiger partial charge is 0.0345 e. The summed E-state index contributed by atoms with van der Waals surface area (Å²) < 4.78 is 1.39. The summed E-state index contributed by atoms with van der Waals surface area (Å²) in [5.74, 6) is 0.609. The highest BCUT2D eigenvalue weighted by molar-refractivity contribution is 7.19. The third-order valence-corrected chi connectivity index (χ3v) is 3.79. The topological polar surface area (TPSA) is 12.0 Å². The fourth-order valence-corrected chi connectivity index (χ4v) is 2.77. The van der Waals surface area contributed by atoms with Gasteiger partial charge < -0.3 is 5.32 Å². The molecule has 2 aromatic rings. The molecule has 14 heavy (non-hydrogen) atoms. The van der Waals surface area contributed by atoms with Gasteiger partial charge in [-0.1, -0.05) is 25.1 Å². The first-order chi connectivity index (χ1) is 6.81. The average Bonchev–Trinajstić information content (AvgIpc) is 2.61. The van der Waals surface area contributed by atoms with Gasteiger partial charge in [0.15, 0.2) is 0 Å². The van der Waals surface area contributed by atoms with Crippen molar-refractivity contribution in [1.82, 2.24) is 5.32 Å². The standard InChI is InChI=1S/C12H15NS/c1-9(8-13-2)12-7-10-5-3-4-6-11(10)14-12/h3-7,9,13H,8H2,1-2H3. The normalized spacial score (nSPS) is 13.3. The molecule has 0 aliphatic carbocycles. The highest BCUT2D eigenvalue weighted by Gasteiger charge is 2.07. The predicted molar refractivity (Wildman–Crippen MR) is 64.2 cm³/mol. The van der Waals surface area contributed by atoms with E-state index >= 15 is 0 Å². The van der Waals surface area contributed by atoms with Crippen molar-refractivity contribution in [3.63, 3.8) is 0 Å². The number of benzene rings is 1. The Hall–Kier alpha value is -0.860. The molecule has 0 amide bonds. The monoisotopic (exact) mass is 205 g/mol. The molecule has 2 rings (SSSR count). The number of fused-ring (bicyclic) bond motifs is 1. The van der Waals surface area contributed by atoms with Crippen LogP contribution in [0.3, 0.4) is 0 Å². The van der Waals surface area contributed by atoms with Crippen LogP contribution in [0.1, 0.15) is 17.7 Å². The van der Waals surface area contributed by atoms with Crippen LogP contribution >= 0.6 is 11.3 Å². The second-order valence-corrected chi connectivity index (χ2v) is 4.76. The zero-order valence-corrected chi connectivity index (χ0v) is 9.40. The maximum Gasteiger partial charge on any atom is 0.0345 e. The molecule has 0 saturated carbocycles. The minimum absolute atomic E-state index is 0.609. The fraction of sp³-hybridized carbons (Fsp3) is 0.333. The lowest BCUT2D eigenvalue weighted by molar-refractivity contribution is 0.687. The molecule has 2 heteroatoms. The van der Waals surface area contributed by atoms with E-state index in [0.717, 1.165) is 6.54 Å². The van der Waals surface area contributed by atoms with Crippen LogP contribution in [-0.4, -0.2) is 13.6 Å². The Morgan fingerprint density at radius 3 is 2.86 bits per heavy atom. The molecule has 1 atom stereocenters. The molecule has 1 aromatic heterocycles. The van der Waals surface area contributed by atoms with Gasteiger partial charge in [-0.15, -0.1) is 11.3 Å². The second kappa shape index (κ2) is 4.11. The highest BCUT2D eigenvalue weighted by Crippen LogP contribution is 2.30. The number of rotatable bonds is 3. The van der Waals surface area contributed by atoms with Gasteiger partial charge in [-0.25, -0.2) is 0 Å². The molecular formula is C12H15NS. The minimum atomic E-state index is 0.609. The first-order valence-electron chi connectivity index (χ1n) is 4.94. The van der Waals surface area contributed by atoms with E-state index in [-0.39, 0.29) is 0 Å². The van der Waals surface area contributed by atoms with E-state index < -0.39 is 0 Å². The van der Waals surface area contributed by atoms with Crippen molar-refractivity contribution in [3.05, 3.63) is 35.2 Å². The predicted octanol–water partition coefficient (Wildman–Crippen LogP) is 3.22. The lowest BCUT2D eigenvalue weighted by Crippen LogP contribution is -2.13. The maximum absolute atomic E-state index is 3.22. The Morgan fingerprint density at radius 1 is 1.36 bits per heavy atom. The Morgan fingerprint density at radius 2 is 2.14 bits per heavy atom. The number of hydrogen-bond acceptors (Lipinski definition) is 2. The van der Waals surface area contributed by atoms with Crippen molar-refractivity contribution < 1.29 is 0 Å². The van der Waals surface area contributed by atoms with Gasteiger partial charge in [0.2, 0.25) is 0 Å². The molecule has 1 aromatic carbocycles. The molecule has 0 aliphatic rings. The zero-order valence-electron chi connectivity index (χ0n) is 8.58. The van der Waals surface area contributed by atoms with E-state index in [2.05, 4.69) is 42.6 Å². The summed E-state index contributed by atoms with van der Waals surface area (Å²) in [4.78, 5) is 1.47. The van der Waals surface area contributed by atoms with Crippen molar-refractivity contribution in [2.75, 3.05) is 13.6 Å². The molecule has 0 radical (unpaired) electrons. The first kappa shape index (κ1) is 9.69. The minimum Gasteiger partial charge on any atom is -0.319 e. The Bertz CT molecular complexity index is 386. The molecule has 0 bridgehead atoms. The second-order valence-electron chi connectivity index (χ2n) is 3.65. The Kier molecular flexibility index (Phi) is 2.85. The van der Waals surface area contributed by atoms with Crippen LogP contribution in [0, 0.1) is 0 Å². The Labute approximate surface area is 88.8 Å². The molecule has 0 saturated heterocycles. The largest absolute Gasteiger partial charge is 0.319 e. The number of likely N-dealkylation sites (N-methyl/N-ethyl adjacent to an activating group) is 1. The molecule has 0 fully saturated rings. The summed E-state index contributed by atoms with van der Waals surface area (Å²) in [5.41, 5.74) is 0. The van der Waals surface area contributed by atoms with Crippen LogP contribution in [0.5, 0.6) is 0 Å². The summed E-state index contributed by atoms with van der Waals surface area (Å²) >= 11 is 1.91. The van der Waals surface area contributed by atoms with Gasteiger partial charge >= 0.3 is 0 Å². The van der Waals surface area contributed by atoms with E-state index in [0.29, 0.717) is 5.92 Å². The van der Waals surface area contributed by atoms with E-state index in [1.54, 1.807) is 0 Å². The molecule has 74 valence electrons. The van der Waals surface area contributed by atoms with Gasteiger partial charge in [0.05, 0.1) is 0 Å². The molecule has 0 spiro atoms. The lowest BCUT2D eigenvalue weighted by Gasteiger charge is -2.06. The van der Waals surface area contributed by atoms with Gasteiger partial charge in [0.1, 0.15) is 0 Å². The van der Waals surface area contributed by atoms with Gasteiger partial charge in [-0.3, -0.25) is 0 Å². The van der Waals surface area contributed by atoms with Crippen molar-refractivity contribution >= 4 is 21.4 Å². The maximum atomic E-state index is 3.22. The molecule has 1 N–H and O–H groups in total. The van der Waals surface area contributed by atoms with Crippen LogP contribution in [0.15, 0.2) is 30.3 Å². The summed E-state index contributed by atoms with van der Waals surface area (Å²) in [6, 6.07) is 10.9. The average molecular weight is 205 g/mol. The summed E-state index contributed by atoms with van der Waals surface area (Å²) in [7, 11) is 2.00. The number of hydrogen-bond donors (Lipinski definition) is 1. The SMILES string of the molecule is CNCC(C)c1cc2ccccc2s1. The summed E-state index contributed by atoms with van der Waals surface area (Å²) in [5, 5.41) is 4.59. The summed E-state index contributed by atoms with van der Waals surface area (Å²) in [6.07, 6.45) is 0. The fourth-order valence-electron chi connectivity index (χ4n) is 1.65. The number of nitrogens with one attached hydrogen (secondary N) is 1. The van der Waals surface area contributed by atoms with Gasteiger partial charge in [-0.05, 0) is 24.6 Å². The lowest BCUT2D eigenvalue weighted by atomic mass is 10.1. The third-order valence-electron chi connectivity index (χ3n) is 2.44. The molecule has 1 nitrogen and oxygen atoms in total.